The second-order valence-corrected chi connectivity index (χ2v) is 7.58. The summed E-state index contributed by atoms with van der Waals surface area (Å²) in [5.74, 6) is -0.800. The second-order valence-electron chi connectivity index (χ2n) is 7.58. The van der Waals surface area contributed by atoms with E-state index < -0.39 is 5.79 Å². The van der Waals surface area contributed by atoms with Crippen molar-refractivity contribution < 1.29 is 23.7 Å². The molecule has 5 nitrogen and oxygen atoms in total. The second kappa shape index (κ2) is 5.15. The molecule has 0 aromatic carbocycles. The van der Waals surface area contributed by atoms with Crippen LogP contribution in [0.5, 0.6) is 0 Å². The maximum absolute atomic E-state index is 6.43. The highest BCUT2D eigenvalue weighted by atomic mass is 16.9. The van der Waals surface area contributed by atoms with Crippen molar-refractivity contribution in [3.8, 4) is 0 Å². The van der Waals surface area contributed by atoms with Crippen molar-refractivity contribution in [3.05, 3.63) is 0 Å². The summed E-state index contributed by atoms with van der Waals surface area (Å²) in [4.78, 5) is 0. The summed E-state index contributed by atoms with van der Waals surface area (Å²) in [5.41, 5.74) is 0. The lowest BCUT2D eigenvalue weighted by molar-refractivity contribution is -0.234. The van der Waals surface area contributed by atoms with E-state index >= 15 is 0 Å². The fraction of sp³-hybridized carbons (Fsp3) is 1.00. The first-order valence-electron chi connectivity index (χ1n) is 9.11. The summed E-state index contributed by atoms with van der Waals surface area (Å²) in [7, 11) is 0. The number of ether oxygens (including phenoxy) is 5. The quantitative estimate of drug-likeness (QED) is 0.688. The van der Waals surface area contributed by atoms with Crippen molar-refractivity contribution in [1.82, 2.24) is 0 Å². The lowest BCUT2D eigenvalue weighted by atomic mass is 9.94. The molecular formula is C17H26O5. The molecule has 0 aromatic rings. The zero-order chi connectivity index (χ0) is 14.6. The van der Waals surface area contributed by atoms with E-state index in [-0.39, 0.29) is 30.4 Å². The van der Waals surface area contributed by atoms with Crippen LogP contribution < -0.4 is 0 Å². The molecule has 22 heavy (non-hydrogen) atoms. The van der Waals surface area contributed by atoms with Gasteiger partial charge in [-0.2, -0.15) is 0 Å². The minimum Gasteiger partial charge on any atom is -0.347 e. The average Bonchev–Trinajstić information content (AvgIpc) is 3.07. The summed E-state index contributed by atoms with van der Waals surface area (Å²) in [6.45, 7) is 0.563. The molecule has 0 radical (unpaired) electrons. The van der Waals surface area contributed by atoms with E-state index in [0.717, 1.165) is 25.7 Å². The molecule has 5 rings (SSSR count). The van der Waals surface area contributed by atoms with Crippen LogP contribution in [0.15, 0.2) is 0 Å². The minimum absolute atomic E-state index is 0.00157. The molecule has 2 aliphatic carbocycles. The zero-order valence-corrected chi connectivity index (χ0v) is 13.1. The SMILES string of the molecule is C1CCC2(CC1)O[C@@H]1OC[C@H]3OC4(CCCCC4)O[C@H]3[C@H]1O2. The Morgan fingerprint density at radius 1 is 0.591 bits per heavy atom. The predicted octanol–water partition coefficient (Wildman–Crippen LogP) is 2.86. The van der Waals surface area contributed by atoms with E-state index in [4.69, 9.17) is 23.7 Å². The van der Waals surface area contributed by atoms with Crippen LogP contribution in [0, 0.1) is 0 Å². The van der Waals surface area contributed by atoms with Gasteiger partial charge in [-0.1, -0.05) is 12.8 Å². The molecule has 124 valence electrons. The molecule has 5 aliphatic rings. The Kier molecular flexibility index (Phi) is 3.32. The third kappa shape index (κ3) is 2.17. The predicted molar refractivity (Wildman–Crippen MR) is 77.1 cm³/mol. The fourth-order valence-corrected chi connectivity index (χ4v) is 4.90. The molecule has 5 fully saturated rings. The van der Waals surface area contributed by atoms with Crippen molar-refractivity contribution in [2.45, 2.75) is 100 Å². The highest BCUT2D eigenvalue weighted by molar-refractivity contribution is 4.99. The van der Waals surface area contributed by atoms with Gasteiger partial charge in [0.2, 0.25) is 0 Å². The Balaban J connectivity index is 1.35. The molecule has 3 aliphatic heterocycles. The highest BCUT2D eigenvalue weighted by Crippen LogP contribution is 2.49. The van der Waals surface area contributed by atoms with Crippen LogP contribution in [0.3, 0.4) is 0 Å². The van der Waals surface area contributed by atoms with Crippen LogP contribution in [0.1, 0.15) is 64.2 Å². The van der Waals surface area contributed by atoms with Crippen LogP contribution >= 0.6 is 0 Å². The molecule has 2 spiro atoms. The van der Waals surface area contributed by atoms with Crippen LogP contribution in [0.4, 0.5) is 0 Å². The van der Waals surface area contributed by atoms with Crippen molar-refractivity contribution >= 4 is 0 Å². The number of fused-ring (bicyclic) bond motifs is 3. The van der Waals surface area contributed by atoms with Gasteiger partial charge >= 0.3 is 0 Å². The molecule has 3 heterocycles. The van der Waals surface area contributed by atoms with E-state index in [0.29, 0.717) is 6.61 Å². The van der Waals surface area contributed by atoms with E-state index in [2.05, 4.69) is 0 Å². The molecule has 0 amide bonds. The molecule has 2 saturated carbocycles. The summed E-state index contributed by atoms with van der Waals surface area (Å²) in [6.07, 6.45) is 10.8. The molecule has 0 unspecified atom stereocenters. The highest BCUT2D eigenvalue weighted by Gasteiger charge is 2.61. The van der Waals surface area contributed by atoms with Crippen molar-refractivity contribution in [1.29, 1.82) is 0 Å². The first-order valence-corrected chi connectivity index (χ1v) is 9.11. The fourth-order valence-electron chi connectivity index (χ4n) is 4.90. The van der Waals surface area contributed by atoms with Gasteiger partial charge in [0.15, 0.2) is 17.9 Å². The van der Waals surface area contributed by atoms with E-state index in [1.54, 1.807) is 0 Å². The lowest BCUT2D eigenvalue weighted by Gasteiger charge is -2.33. The summed E-state index contributed by atoms with van der Waals surface area (Å²) >= 11 is 0. The third-order valence-corrected chi connectivity index (χ3v) is 6.01. The maximum atomic E-state index is 6.43. The van der Waals surface area contributed by atoms with E-state index in [1.807, 2.05) is 0 Å². The molecular weight excluding hydrogens is 284 g/mol. The minimum atomic E-state index is -0.422. The van der Waals surface area contributed by atoms with Gasteiger partial charge in [0.05, 0.1) is 6.61 Å². The van der Waals surface area contributed by atoms with Crippen molar-refractivity contribution in [2.75, 3.05) is 6.61 Å². The smallest absolute Gasteiger partial charge is 0.189 e. The first kappa shape index (κ1) is 14.2. The van der Waals surface area contributed by atoms with Crippen LogP contribution in [0.25, 0.3) is 0 Å². The maximum Gasteiger partial charge on any atom is 0.189 e. The van der Waals surface area contributed by atoms with Gasteiger partial charge in [-0.3, -0.25) is 0 Å². The average molecular weight is 310 g/mol. The van der Waals surface area contributed by atoms with E-state index in [9.17, 15) is 0 Å². The van der Waals surface area contributed by atoms with E-state index in [1.165, 1.54) is 38.5 Å². The summed E-state index contributed by atoms with van der Waals surface area (Å²) in [5, 5.41) is 0. The molecule has 4 atom stereocenters. The molecule has 5 heteroatoms. The van der Waals surface area contributed by atoms with Crippen LogP contribution in [-0.2, 0) is 23.7 Å². The Bertz CT molecular complexity index is 387. The Morgan fingerprint density at radius 3 is 1.86 bits per heavy atom. The number of hydrogen-bond donors (Lipinski definition) is 0. The number of rotatable bonds is 0. The molecule has 0 bridgehead atoms. The van der Waals surface area contributed by atoms with Crippen molar-refractivity contribution in [2.24, 2.45) is 0 Å². The zero-order valence-electron chi connectivity index (χ0n) is 13.1. The standard InChI is InChI=1S/C17H26O5/c1-3-7-16(8-4-1)19-12-11-18-15-14(13(12)20-16)21-17(22-15)9-5-2-6-10-17/h12-15H,1-11H2/t12-,13-,14-,15+/m1/s1. The summed E-state index contributed by atoms with van der Waals surface area (Å²) < 4.78 is 31.2. The van der Waals surface area contributed by atoms with Gasteiger partial charge in [-0.25, -0.2) is 0 Å². The van der Waals surface area contributed by atoms with Gasteiger partial charge in [0.25, 0.3) is 0 Å². The molecule has 0 N–H and O–H groups in total. The van der Waals surface area contributed by atoms with Crippen molar-refractivity contribution in [3.63, 3.8) is 0 Å². The van der Waals surface area contributed by atoms with Gasteiger partial charge < -0.3 is 23.7 Å². The van der Waals surface area contributed by atoms with Gasteiger partial charge in [-0.05, 0) is 25.7 Å². The topological polar surface area (TPSA) is 46.2 Å². The van der Waals surface area contributed by atoms with Crippen LogP contribution in [0.2, 0.25) is 0 Å². The third-order valence-electron chi connectivity index (χ3n) is 6.01. The molecule has 0 aromatic heterocycles. The van der Waals surface area contributed by atoms with Gasteiger partial charge in [-0.15, -0.1) is 0 Å². The Labute approximate surface area is 131 Å². The van der Waals surface area contributed by atoms with Gasteiger partial charge in [0, 0.05) is 25.7 Å². The van der Waals surface area contributed by atoms with Crippen LogP contribution in [-0.4, -0.2) is 42.8 Å². The van der Waals surface area contributed by atoms with Gasteiger partial charge in [0.1, 0.15) is 18.3 Å². The number of hydrogen-bond acceptors (Lipinski definition) is 5. The first-order chi connectivity index (χ1) is 10.8. The molecule has 3 saturated heterocycles. The Morgan fingerprint density at radius 2 is 1.18 bits per heavy atom. The largest absolute Gasteiger partial charge is 0.347 e. The normalized spacial score (nSPS) is 45.8. The monoisotopic (exact) mass is 310 g/mol. The Hall–Kier alpha value is -0.200. The lowest BCUT2D eigenvalue weighted by Crippen LogP contribution is -2.50. The summed E-state index contributed by atoms with van der Waals surface area (Å²) in [6, 6.07) is 0.